The van der Waals surface area contributed by atoms with E-state index in [9.17, 15) is 57.9 Å². The maximum absolute atomic E-state index is 12.8. The number of fused-ring (bicyclic) bond motifs is 1. The molecular weight excluding hydrogens is 987 g/mol. The fraction of sp³-hybridized carbons (Fsp3) is 0.805. The van der Waals surface area contributed by atoms with Gasteiger partial charge in [-0.25, -0.2) is 28.6 Å². The molecule has 1 aliphatic heterocycles. The lowest BCUT2D eigenvalue weighted by Gasteiger charge is -2.30. The minimum Gasteiger partial charge on any atom is -0.386 e. The number of nitrogen functional groups attached to an aromatic ring is 1. The highest BCUT2D eigenvalue weighted by atomic mass is 32.2. The number of carbonyl (C=O) groups is 3. The lowest BCUT2D eigenvalue weighted by Crippen LogP contribution is -2.46. The van der Waals surface area contributed by atoms with Crippen molar-refractivity contribution in [3.05, 3.63) is 12.7 Å². The van der Waals surface area contributed by atoms with Gasteiger partial charge in [0.15, 0.2) is 22.8 Å². The van der Waals surface area contributed by atoms with Gasteiger partial charge in [0.25, 0.3) is 0 Å². The molecule has 2 aromatic heterocycles. The highest BCUT2D eigenvalue weighted by molar-refractivity contribution is 8.13. The predicted molar refractivity (Wildman–Crippen MR) is 256 cm³/mol. The summed E-state index contributed by atoms with van der Waals surface area (Å²) in [4.78, 5) is 88.5. The van der Waals surface area contributed by atoms with Crippen molar-refractivity contribution in [3.8, 4) is 0 Å². The molecule has 3 rings (SSSR count). The topological polar surface area (TPSA) is 364 Å². The quantitative estimate of drug-likeness (QED) is 0.0298. The maximum atomic E-state index is 12.8. The molecule has 0 aliphatic carbocycles. The third kappa shape index (κ3) is 22.9. The number of aromatic nitrogens is 4. The molecule has 3 heterocycles. The van der Waals surface area contributed by atoms with Crippen LogP contribution in [-0.4, -0.2) is 123 Å². The van der Waals surface area contributed by atoms with Crippen LogP contribution in [0.4, 0.5) is 5.82 Å². The Morgan fingerprint density at radius 2 is 1.48 bits per heavy atom. The van der Waals surface area contributed by atoms with Gasteiger partial charge >= 0.3 is 23.5 Å². The first kappa shape index (κ1) is 60.9. The molecular formula is C41H74N7O17P3S. The molecule has 10 N–H and O–H groups in total. The van der Waals surface area contributed by atoms with Crippen molar-refractivity contribution in [1.29, 1.82) is 0 Å². The highest BCUT2D eigenvalue weighted by Gasteiger charge is 2.50. The summed E-state index contributed by atoms with van der Waals surface area (Å²) in [5.74, 6) is -0.193. The van der Waals surface area contributed by atoms with Crippen molar-refractivity contribution in [1.82, 2.24) is 30.2 Å². The van der Waals surface area contributed by atoms with Gasteiger partial charge < -0.3 is 50.9 Å². The monoisotopic (exact) mass is 1060 g/mol. The van der Waals surface area contributed by atoms with E-state index in [0.29, 0.717) is 12.2 Å². The maximum Gasteiger partial charge on any atom is 0.481 e. The van der Waals surface area contributed by atoms with Crippen LogP contribution in [0.15, 0.2) is 12.7 Å². The van der Waals surface area contributed by atoms with Gasteiger partial charge in [-0.2, -0.15) is 4.31 Å². The first-order chi connectivity index (χ1) is 32.4. The molecule has 1 saturated heterocycles. The first-order valence-corrected chi connectivity index (χ1v) is 29.0. The molecule has 1 fully saturated rings. The molecule has 0 saturated carbocycles. The summed E-state index contributed by atoms with van der Waals surface area (Å²) >= 11 is 1.16. The molecule has 8 atom stereocenters. The number of aliphatic hydroxyl groups excluding tert-OH is 2. The molecule has 0 aromatic carbocycles. The smallest absolute Gasteiger partial charge is 0.386 e. The molecule has 0 bridgehead atoms. The van der Waals surface area contributed by atoms with Crippen LogP contribution in [0.25, 0.3) is 11.2 Å². The van der Waals surface area contributed by atoms with Crippen LogP contribution in [0.5, 0.6) is 0 Å². The number of thioether (sulfide) groups is 1. The fourth-order valence-electron chi connectivity index (χ4n) is 7.43. The molecule has 8 unspecified atom stereocenters. The first-order valence-electron chi connectivity index (χ1n) is 23.5. The number of nitrogens with one attached hydrogen (secondary N) is 2. The molecule has 24 nitrogen and oxygen atoms in total. The Labute approximate surface area is 407 Å². The number of nitrogens with two attached hydrogens (primary N) is 1. The third-order valence-electron chi connectivity index (χ3n) is 11.4. The van der Waals surface area contributed by atoms with Crippen molar-refractivity contribution in [2.24, 2.45) is 11.3 Å². The number of carbonyl (C=O) groups excluding carboxylic acids is 3. The van der Waals surface area contributed by atoms with E-state index in [2.05, 4.69) is 48.3 Å². The van der Waals surface area contributed by atoms with E-state index >= 15 is 0 Å². The van der Waals surface area contributed by atoms with Gasteiger partial charge in [0, 0.05) is 37.1 Å². The van der Waals surface area contributed by atoms with Crippen LogP contribution in [-0.2, 0) is 50.7 Å². The van der Waals surface area contributed by atoms with Gasteiger partial charge in [-0.3, -0.25) is 32.5 Å². The largest absolute Gasteiger partial charge is 0.481 e. The van der Waals surface area contributed by atoms with Crippen molar-refractivity contribution >= 4 is 69.1 Å². The zero-order chi connectivity index (χ0) is 51.3. The van der Waals surface area contributed by atoms with Crippen molar-refractivity contribution in [3.63, 3.8) is 0 Å². The van der Waals surface area contributed by atoms with Gasteiger partial charge in [0.2, 0.25) is 11.8 Å². The van der Waals surface area contributed by atoms with Gasteiger partial charge in [-0.1, -0.05) is 129 Å². The Bertz CT molecular complexity index is 2050. The van der Waals surface area contributed by atoms with E-state index in [1.807, 2.05) is 0 Å². The minimum absolute atomic E-state index is 0.0340. The van der Waals surface area contributed by atoms with Crippen LogP contribution in [0, 0.1) is 11.3 Å². The van der Waals surface area contributed by atoms with E-state index in [1.165, 1.54) is 90.9 Å². The Kier molecular flexibility index (Phi) is 26.4. The normalized spacial score (nSPS) is 20.3. The molecule has 2 aromatic rings. The summed E-state index contributed by atoms with van der Waals surface area (Å²) in [7, 11) is -16.4. The number of amides is 2. The summed E-state index contributed by atoms with van der Waals surface area (Å²) in [5.41, 5.74) is 4.29. The Balaban J connectivity index is 1.28. The number of rotatable bonds is 36. The number of unbranched alkanes of at least 4 members (excludes halogenated alkanes) is 11. The number of hydrogen-bond acceptors (Lipinski definition) is 18. The summed E-state index contributed by atoms with van der Waals surface area (Å²) in [6.07, 6.45) is 12.3. The summed E-state index contributed by atoms with van der Waals surface area (Å²) in [6, 6.07) is 0. The van der Waals surface area contributed by atoms with Crippen molar-refractivity contribution in [2.75, 3.05) is 37.8 Å². The standard InChI is InChI=1S/C41H74N7O17P3S/c1-5-6-7-12-15-18-29(2)19-16-13-10-8-9-11-14-17-20-32(50)69-24-23-43-31(49)21-22-44-39(53)36(52)41(3,4)26-62-68(59,60)65-67(57,58)61-25-30-35(64-66(54,55)56)34(51)40(63-30)48-28-47-33-37(42)45-27-46-38(33)48/h27-30,34-36,40,51-52H,5-26H2,1-4H3,(H,43,49)(H,44,53)(H,57,58)(H,59,60)(H2,42,45,46)(H2,54,55,56). The van der Waals surface area contributed by atoms with E-state index in [-0.39, 0.29) is 41.6 Å². The summed E-state index contributed by atoms with van der Waals surface area (Å²) < 4.78 is 62.5. The fourth-order valence-corrected chi connectivity index (χ4v) is 11.0. The summed E-state index contributed by atoms with van der Waals surface area (Å²) in [5, 5.41) is 26.7. The number of anilines is 1. The van der Waals surface area contributed by atoms with Gasteiger partial charge in [0.1, 0.15) is 36.3 Å². The minimum atomic E-state index is -5.58. The number of aliphatic hydroxyl groups is 2. The van der Waals surface area contributed by atoms with E-state index in [4.69, 9.17) is 19.5 Å². The molecule has 0 radical (unpaired) electrons. The number of ether oxygens (including phenoxy) is 1. The molecule has 69 heavy (non-hydrogen) atoms. The van der Waals surface area contributed by atoms with Crippen LogP contribution in [0.1, 0.15) is 143 Å². The highest BCUT2D eigenvalue weighted by Crippen LogP contribution is 2.61. The second-order valence-electron chi connectivity index (χ2n) is 18.0. The SMILES string of the molecule is CCCCCCCC(C)CCCCCCCCCCC(=O)SCCNC(=O)CCNC(=O)C(O)C(C)(C)COP(=O)(O)OP(=O)(O)OCC1OC(n2cnc3c(N)ncnc32)C(O)C1OP(=O)(O)O. The van der Waals surface area contributed by atoms with Gasteiger partial charge in [0.05, 0.1) is 19.5 Å². The van der Waals surface area contributed by atoms with Gasteiger partial charge in [-0.15, -0.1) is 0 Å². The average Bonchev–Trinajstić information content (AvgIpc) is 3.83. The molecule has 396 valence electrons. The zero-order valence-corrected chi connectivity index (χ0v) is 43.5. The molecule has 2 amide bonds. The number of hydrogen-bond donors (Lipinski definition) is 9. The lowest BCUT2D eigenvalue weighted by molar-refractivity contribution is -0.137. The average molecular weight is 1060 g/mol. The molecule has 0 spiro atoms. The second kappa shape index (κ2) is 29.9. The van der Waals surface area contributed by atoms with Gasteiger partial charge in [-0.05, 0) is 12.3 Å². The van der Waals surface area contributed by atoms with E-state index < -0.39 is 84.6 Å². The van der Waals surface area contributed by atoms with Crippen LogP contribution in [0.3, 0.4) is 0 Å². The molecule has 1 aliphatic rings. The molecule has 28 heteroatoms. The number of imidazole rings is 1. The Hall–Kier alpha value is -2.44. The number of nitrogens with zero attached hydrogens (tertiary/aromatic N) is 4. The van der Waals surface area contributed by atoms with Crippen LogP contribution in [0.2, 0.25) is 0 Å². The van der Waals surface area contributed by atoms with Crippen LogP contribution >= 0.6 is 35.2 Å². The summed E-state index contributed by atoms with van der Waals surface area (Å²) in [6.45, 7) is 5.21. The Morgan fingerprint density at radius 3 is 2.12 bits per heavy atom. The number of phosphoric ester groups is 3. The second-order valence-corrected chi connectivity index (χ2v) is 23.4. The third-order valence-corrected chi connectivity index (χ3v) is 15.4. The van der Waals surface area contributed by atoms with E-state index in [0.717, 1.165) is 54.2 Å². The van der Waals surface area contributed by atoms with Crippen LogP contribution < -0.4 is 16.4 Å². The van der Waals surface area contributed by atoms with Crippen molar-refractivity contribution < 1.29 is 80.5 Å². The number of phosphoric acid groups is 3. The lowest BCUT2D eigenvalue weighted by atomic mass is 9.87. The predicted octanol–water partition coefficient (Wildman–Crippen LogP) is 5.56. The van der Waals surface area contributed by atoms with Crippen molar-refractivity contribution in [2.45, 2.75) is 167 Å². The Morgan fingerprint density at radius 1 is 0.870 bits per heavy atom. The van der Waals surface area contributed by atoms with E-state index in [1.54, 1.807) is 0 Å². The zero-order valence-electron chi connectivity index (χ0n) is 40.0.